The molecule has 0 saturated carbocycles. The highest BCUT2D eigenvalue weighted by Gasteiger charge is 2.18. The van der Waals surface area contributed by atoms with E-state index in [4.69, 9.17) is 10.1 Å². The maximum absolute atomic E-state index is 11.5. The van der Waals surface area contributed by atoms with Crippen molar-refractivity contribution < 1.29 is 9.90 Å². The first-order valence-corrected chi connectivity index (χ1v) is 8.51. The number of hydrogen-bond acceptors (Lipinski definition) is 4. The molecule has 1 N–H and O–H groups in total. The lowest BCUT2D eigenvalue weighted by atomic mass is 10.0. The van der Waals surface area contributed by atoms with Crippen molar-refractivity contribution in [1.82, 2.24) is 9.88 Å². The Hall–Kier alpha value is -2.04. The topological polar surface area (TPSA) is 53.4 Å². The van der Waals surface area contributed by atoms with E-state index < -0.39 is 6.61 Å². The molecule has 0 atom stereocenters. The number of pyridine rings is 1. The van der Waals surface area contributed by atoms with E-state index in [0.717, 1.165) is 26.1 Å². The zero-order valence-electron chi connectivity index (χ0n) is 14.3. The smallest absolute Gasteiger partial charge is 0.188 e. The lowest BCUT2D eigenvalue weighted by Gasteiger charge is -2.28. The average molecular weight is 324 g/mol. The summed E-state index contributed by atoms with van der Waals surface area (Å²) in [5, 5.41) is 8.90. The number of aliphatic hydroxyl groups excluding tert-OH is 1. The molecule has 24 heavy (non-hydrogen) atoms. The number of Topliss-reactive ketones (excluding diaryl/α,β-unsaturated/α-hetero) is 1. The van der Waals surface area contributed by atoms with Crippen molar-refractivity contribution in [2.45, 2.75) is 39.3 Å². The van der Waals surface area contributed by atoms with Gasteiger partial charge in [0.1, 0.15) is 6.61 Å². The number of ketones is 1. The monoisotopic (exact) mass is 324 g/mol. The molecule has 1 aromatic carbocycles. The maximum atomic E-state index is 11.5. The van der Waals surface area contributed by atoms with Crippen LogP contribution in [0.25, 0.3) is 0 Å². The Morgan fingerprint density at radius 3 is 2.62 bits per heavy atom. The molecular weight excluding hydrogens is 300 g/mol. The van der Waals surface area contributed by atoms with Crippen molar-refractivity contribution in [1.29, 1.82) is 0 Å². The molecule has 1 aliphatic rings. The van der Waals surface area contributed by atoms with Crippen molar-refractivity contribution in [3.8, 4) is 0 Å². The molecule has 1 aromatic heterocycles. The van der Waals surface area contributed by atoms with Gasteiger partial charge in [-0.25, -0.2) is 0 Å². The van der Waals surface area contributed by atoms with Crippen molar-refractivity contribution in [2.75, 3.05) is 13.2 Å². The molecule has 0 fully saturated rings. The summed E-state index contributed by atoms with van der Waals surface area (Å²) in [7, 11) is 0. The molecule has 0 unspecified atom stereocenters. The van der Waals surface area contributed by atoms with Gasteiger partial charge in [0.25, 0.3) is 0 Å². The van der Waals surface area contributed by atoms with Crippen LogP contribution in [0.4, 0.5) is 0 Å². The molecule has 0 saturated heterocycles. The van der Waals surface area contributed by atoms with Crippen molar-refractivity contribution in [2.24, 2.45) is 0 Å². The van der Waals surface area contributed by atoms with Gasteiger partial charge in [0.15, 0.2) is 5.78 Å². The molecule has 4 nitrogen and oxygen atoms in total. The molecule has 0 bridgehead atoms. The van der Waals surface area contributed by atoms with E-state index >= 15 is 0 Å². The summed E-state index contributed by atoms with van der Waals surface area (Å²) in [6, 6.07) is 11.9. The highest BCUT2D eigenvalue weighted by atomic mass is 16.3. The Balaban J connectivity index is 1.66. The molecule has 3 rings (SSSR count). The lowest BCUT2D eigenvalue weighted by Crippen LogP contribution is -2.30. The van der Waals surface area contributed by atoms with Gasteiger partial charge in [0.05, 0.1) is 0 Å². The van der Waals surface area contributed by atoms with Crippen LogP contribution in [0.5, 0.6) is 0 Å². The quantitative estimate of drug-likeness (QED) is 0.859. The number of benzene rings is 1. The maximum Gasteiger partial charge on any atom is 0.188 e. The summed E-state index contributed by atoms with van der Waals surface area (Å²) < 4.78 is 0. The largest absolute Gasteiger partial charge is 0.388 e. The molecule has 1 aliphatic heterocycles. The zero-order valence-corrected chi connectivity index (χ0v) is 14.3. The van der Waals surface area contributed by atoms with E-state index in [1.165, 1.54) is 22.5 Å². The van der Waals surface area contributed by atoms with Crippen LogP contribution in [-0.4, -0.2) is 33.9 Å². The second kappa shape index (κ2) is 7.24. The normalized spacial score (nSPS) is 14.7. The summed E-state index contributed by atoms with van der Waals surface area (Å²) in [6.07, 6.45) is 0.983. The lowest BCUT2D eigenvalue weighted by molar-refractivity contribution is 0.0903. The standard InChI is InChI=1S/C20H24N2O2/c1-14(2)18-8-7-17-12-22(10-9-19(17)21-18)11-15-3-5-16(6-4-15)20(24)13-23/h3-8,14,23H,9-13H2,1-2H3. The van der Waals surface area contributed by atoms with Crippen molar-refractivity contribution in [3.05, 3.63) is 64.5 Å². The SMILES string of the molecule is CC(C)c1ccc2c(n1)CCN(Cc1ccc(C(=O)CO)cc1)C2. The minimum absolute atomic E-state index is 0.236. The number of carbonyl (C=O) groups excluding carboxylic acids is 1. The zero-order chi connectivity index (χ0) is 17.1. The Bertz CT molecular complexity index is 723. The first-order valence-electron chi connectivity index (χ1n) is 8.51. The predicted molar refractivity (Wildman–Crippen MR) is 94.0 cm³/mol. The number of aromatic nitrogens is 1. The van der Waals surface area contributed by atoms with Gasteiger partial charge < -0.3 is 5.11 Å². The van der Waals surface area contributed by atoms with Gasteiger partial charge in [-0.15, -0.1) is 0 Å². The van der Waals surface area contributed by atoms with E-state index in [9.17, 15) is 4.79 Å². The minimum atomic E-state index is -0.437. The van der Waals surface area contributed by atoms with E-state index in [1.54, 1.807) is 12.1 Å². The Labute approximate surface area is 143 Å². The van der Waals surface area contributed by atoms with Crippen molar-refractivity contribution >= 4 is 5.78 Å². The first-order chi connectivity index (χ1) is 11.6. The van der Waals surface area contributed by atoms with E-state index in [-0.39, 0.29) is 5.78 Å². The predicted octanol–water partition coefficient (Wildman–Crippen LogP) is 2.94. The van der Waals surface area contributed by atoms with E-state index in [1.807, 2.05) is 12.1 Å². The molecule has 0 radical (unpaired) electrons. The summed E-state index contributed by atoms with van der Waals surface area (Å²) in [4.78, 5) is 18.7. The molecular formula is C20H24N2O2. The van der Waals surface area contributed by atoms with E-state index in [0.29, 0.717) is 11.5 Å². The van der Waals surface area contributed by atoms with Gasteiger partial charge in [-0.1, -0.05) is 44.2 Å². The van der Waals surface area contributed by atoms with Crippen LogP contribution >= 0.6 is 0 Å². The second-order valence-electron chi connectivity index (χ2n) is 6.74. The molecule has 2 heterocycles. The average Bonchev–Trinajstić information content (AvgIpc) is 2.61. The summed E-state index contributed by atoms with van der Waals surface area (Å²) in [5.41, 5.74) is 5.47. The van der Waals surface area contributed by atoms with Gasteiger partial charge in [0.2, 0.25) is 0 Å². The molecule has 4 heteroatoms. The van der Waals surface area contributed by atoms with E-state index in [2.05, 4.69) is 30.9 Å². The highest BCUT2D eigenvalue weighted by molar-refractivity contribution is 5.96. The molecule has 0 amide bonds. The number of nitrogens with zero attached hydrogens (tertiary/aromatic N) is 2. The fourth-order valence-electron chi connectivity index (χ4n) is 3.09. The highest BCUT2D eigenvalue weighted by Crippen LogP contribution is 2.22. The summed E-state index contributed by atoms with van der Waals surface area (Å²) in [5.74, 6) is 0.231. The van der Waals surface area contributed by atoms with Gasteiger partial charge >= 0.3 is 0 Å². The van der Waals surface area contributed by atoms with Crippen LogP contribution < -0.4 is 0 Å². The third-order valence-electron chi connectivity index (χ3n) is 4.57. The van der Waals surface area contributed by atoms with Gasteiger partial charge in [-0.2, -0.15) is 0 Å². The van der Waals surface area contributed by atoms with Gasteiger partial charge in [-0.05, 0) is 23.1 Å². The number of aliphatic hydroxyl groups is 1. The Morgan fingerprint density at radius 1 is 1.21 bits per heavy atom. The van der Waals surface area contributed by atoms with Crippen LogP contribution in [0.2, 0.25) is 0 Å². The fourth-order valence-corrected chi connectivity index (χ4v) is 3.09. The van der Waals surface area contributed by atoms with Crippen LogP contribution in [0, 0.1) is 0 Å². The molecule has 0 aliphatic carbocycles. The molecule has 0 spiro atoms. The van der Waals surface area contributed by atoms with Crippen molar-refractivity contribution in [3.63, 3.8) is 0 Å². The number of rotatable bonds is 5. The van der Waals surface area contributed by atoms with Gasteiger partial charge in [0, 0.05) is 43.0 Å². The van der Waals surface area contributed by atoms with Crippen LogP contribution in [-0.2, 0) is 19.5 Å². The number of hydrogen-bond donors (Lipinski definition) is 1. The van der Waals surface area contributed by atoms with Crippen LogP contribution in [0.1, 0.15) is 52.6 Å². The number of fused-ring (bicyclic) bond motifs is 1. The number of carbonyl (C=O) groups is 1. The first kappa shape index (κ1) is 16.8. The van der Waals surface area contributed by atoms with Gasteiger partial charge in [-0.3, -0.25) is 14.7 Å². The third-order valence-corrected chi connectivity index (χ3v) is 4.57. The second-order valence-corrected chi connectivity index (χ2v) is 6.74. The summed E-state index contributed by atoms with van der Waals surface area (Å²) in [6.45, 7) is 6.69. The fraction of sp³-hybridized carbons (Fsp3) is 0.400. The third kappa shape index (κ3) is 3.71. The molecule has 126 valence electrons. The summed E-state index contributed by atoms with van der Waals surface area (Å²) >= 11 is 0. The molecule has 2 aromatic rings. The minimum Gasteiger partial charge on any atom is -0.388 e. The Morgan fingerprint density at radius 2 is 1.96 bits per heavy atom. The Kier molecular flexibility index (Phi) is 5.07. The van der Waals surface area contributed by atoms with Crippen LogP contribution in [0.15, 0.2) is 36.4 Å². The van der Waals surface area contributed by atoms with Crippen LogP contribution in [0.3, 0.4) is 0 Å².